The Morgan fingerprint density at radius 2 is 1.55 bits per heavy atom. The molecular formula is C12H11F3N4O. The van der Waals surface area contributed by atoms with Crippen LogP contribution in [-0.2, 0) is 12.6 Å². The smallest absolute Gasteiger partial charge is 0.396 e. The number of hydrogen-bond acceptors (Lipinski definition) is 5. The van der Waals surface area contributed by atoms with Gasteiger partial charge in [-0.05, 0) is 18.6 Å². The molecular weight excluding hydrogens is 273 g/mol. The van der Waals surface area contributed by atoms with Gasteiger partial charge in [0.2, 0.25) is 5.82 Å². The largest absolute Gasteiger partial charge is 0.416 e. The van der Waals surface area contributed by atoms with E-state index in [4.69, 9.17) is 5.11 Å². The number of aliphatic hydroxyl groups is 1. The van der Waals surface area contributed by atoms with E-state index in [9.17, 15) is 13.2 Å². The van der Waals surface area contributed by atoms with Gasteiger partial charge < -0.3 is 5.11 Å². The minimum Gasteiger partial charge on any atom is -0.396 e. The van der Waals surface area contributed by atoms with Crippen molar-refractivity contribution in [2.45, 2.75) is 19.0 Å². The molecule has 5 nitrogen and oxygen atoms in total. The lowest BCUT2D eigenvalue weighted by Crippen LogP contribution is -2.05. The van der Waals surface area contributed by atoms with Gasteiger partial charge in [-0.25, -0.2) is 0 Å². The molecule has 0 bridgehead atoms. The Labute approximate surface area is 112 Å². The maximum absolute atomic E-state index is 12.4. The summed E-state index contributed by atoms with van der Waals surface area (Å²) in [6, 6.07) is 4.46. The summed E-state index contributed by atoms with van der Waals surface area (Å²) in [4.78, 5) is 0. The third kappa shape index (κ3) is 3.47. The van der Waals surface area contributed by atoms with E-state index in [1.54, 1.807) is 0 Å². The zero-order valence-electron chi connectivity index (χ0n) is 10.3. The summed E-state index contributed by atoms with van der Waals surface area (Å²) in [7, 11) is 0. The number of alkyl halides is 3. The maximum Gasteiger partial charge on any atom is 0.416 e. The number of aliphatic hydroxyl groups excluding tert-OH is 1. The Balaban J connectivity index is 2.15. The molecule has 1 aromatic heterocycles. The first-order valence-corrected chi connectivity index (χ1v) is 5.85. The second-order valence-electron chi connectivity index (χ2n) is 4.04. The van der Waals surface area contributed by atoms with Crippen LogP contribution in [0.1, 0.15) is 17.8 Å². The summed E-state index contributed by atoms with van der Waals surface area (Å²) in [5.74, 6) is 0.543. The van der Waals surface area contributed by atoms with Crippen LogP contribution in [0, 0.1) is 0 Å². The lowest BCUT2D eigenvalue weighted by molar-refractivity contribution is -0.137. The number of aryl methyl sites for hydroxylation is 1. The summed E-state index contributed by atoms with van der Waals surface area (Å²) in [5.41, 5.74) is -0.326. The molecule has 0 unspecified atom stereocenters. The van der Waals surface area contributed by atoms with Crippen molar-refractivity contribution in [2.75, 3.05) is 6.61 Å². The molecule has 2 rings (SSSR count). The molecule has 0 saturated heterocycles. The van der Waals surface area contributed by atoms with Gasteiger partial charge in [-0.2, -0.15) is 13.2 Å². The van der Waals surface area contributed by atoms with Crippen molar-refractivity contribution in [3.63, 3.8) is 0 Å². The predicted octanol–water partition coefficient (Wildman–Crippen LogP) is 1.88. The molecule has 0 aliphatic carbocycles. The van der Waals surface area contributed by atoms with Crippen LogP contribution < -0.4 is 0 Å². The highest BCUT2D eigenvalue weighted by Gasteiger charge is 2.30. The Hall–Kier alpha value is -2.09. The number of hydrogen-bond donors (Lipinski definition) is 1. The van der Waals surface area contributed by atoms with Gasteiger partial charge in [0.25, 0.3) is 0 Å². The fourth-order valence-corrected chi connectivity index (χ4v) is 1.51. The van der Waals surface area contributed by atoms with Crippen LogP contribution in [0.15, 0.2) is 24.3 Å². The van der Waals surface area contributed by atoms with Crippen LogP contribution in [0.5, 0.6) is 0 Å². The van der Waals surface area contributed by atoms with E-state index in [0.717, 1.165) is 12.1 Å². The minimum absolute atomic E-state index is 0.0179. The summed E-state index contributed by atoms with van der Waals surface area (Å²) >= 11 is 0. The highest BCUT2D eigenvalue weighted by atomic mass is 19.4. The summed E-state index contributed by atoms with van der Waals surface area (Å²) in [6.45, 7) is 0.0179. The molecule has 0 aliphatic rings. The molecule has 20 heavy (non-hydrogen) atoms. The summed E-state index contributed by atoms with van der Waals surface area (Å²) in [5, 5.41) is 23.9. The molecule has 106 valence electrons. The molecule has 1 N–H and O–H groups in total. The lowest BCUT2D eigenvalue weighted by Gasteiger charge is -2.06. The Morgan fingerprint density at radius 3 is 2.05 bits per heavy atom. The number of nitrogens with zero attached hydrogens (tertiary/aromatic N) is 4. The van der Waals surface area contributed by atoms with Gasteiger partial charge in [-0.1, -0.05) is 12.1 Å². The quantitative estimate of drug-likeness (QED) is 0.928. The SMILES string of the molecule is OCCCc1nnc(-c2ccc(C(F)(F)F)cc2)nn1. The third-order valence-corrected chi connectivity index (χ3v) is 2.55. The Kier molecular flexibility index (Phi) is 4.23. The molecule has 0 aliphatic heterocycles. The fourth-order valence-electron chi connectivity index (χ4n) is 1.51. The monoisotopic (exact) mass is 284 g/mol. The van der Waals surface area contributed by atoms with Gasteiger partial charge in [0.15, 0.2) is 5.82 Å². The number of halogens is 3. The topological polar surface area (TPSA) is 71.8 Å². The first-order valence-electron chi connectivity index (χ1n) is 5.85. The van der Waals surface area contributed by atoms with E-state index in [2.05, 4.69) is 20.4 Å². The zero-order chi connectivity index (χ0) is 14.6. The second kappa shape index (κ2) is 5.91. The van der Waals surface area contributed by atoms with Crippen LogP contribution >= 0.6 is 0 Å². The predicted molar refractivity (Wildman–Crippen MR) is 63.5 cm³/mol. The van der Waals surface area contributed by atoms with Gasteiger partial charge >= 0.3 is 6.18 Å². The fraction of sp³-hybridized carbons (Fsp3) is 0.333. The van der Waals surface area contributed by atoms with Gasteiger partial charge in [0, 0.05) is 18.6 Å². The molecule has 0 radical (unpaired) electrons. The molecule has 1 heterocycles. The van der Waals surface area contributed by atoms with Crippen LogP contribution in [0.3, 0.4) is 0 Å². The van der Waals surface area contributed by atoms with E-state index < -0.39 is 11.7 Å². The number of aromatic nitrogens is 4. The highest BCUT2D eigenvalue weighted by Crippen LogP contribution is 2.30. The molecule has 1 aromatic carbocycles. The van der Waals surface area contributed by atoms with E-state index >= 15 is 0 Å². The first kappa shape index (κ1) is 14.3. The Bertz CT molecular complexity index is 554. The standard InChI is InChI=1S/C12H11F3N4O/c13-12(14,15)9-5-3-8(4-6-9)11-18-16-10(17-19-11)2-1-7-20/h3-6,20H,1-2,7H2. The summed E-state index contributed by atoms with van der Waals surface area (Å²) < 4.78 is 37.3. The van der Waals surface area contributed by atoms with E-state index in [1.165, 1.54) is 12.1 Å². The van der Waals surface area contributed by atoms with Crippen molar-refractivity contribution in [2.24, 2.45) is 0 Å². The number of rotatable bonds is 4. The molecule has 0 fully saturated rings. The van der Waals surface area contributed by atoms with E-state index in [-0.39, 0.29) is 12.4 Å². The minimum atomic E-state index is -4.37. The molecule has 0 saturated carbocycles. The van der Waals surface area contributed by atoms with Crippen molar-refractivity contribution < 1.29 is 18.3 Å². The number of benzene rings is 1. The van der Waals surface area contributed by atoms with Gasteiger partial charge in [0.1, 0.15) is 0 Å². The van der Waals surface area contributed by atoms with Gasteiger partial charge in [0.05, 0.1) is 5.56 Å². The lowest BCUT2D eigenvalue weighted by atomic mass is 10.1. The zero-order valence-corrected chi connectivity index (χ0v) is 10.3. The van der Waals surface area contributed by atoms with Crippen molar-refractivity contribution in [1.82, 2.24) is 20.4 Å². The van der Waals surface area contributed by atoms with Crippen molar-refractivity contribution in [1.29, 1.82) is 0 Å². The molecule has 0 atom stereocenters. The molecule has 2 aromatic rings. The Morgan fingerprint density at radius 1 is 0.950 bits per heavy atom. The average Bonchev–Trinajstić information content (AvgIpc) is 2.45. The van der Waals surface area contributed by atoms with E-state index in [1.807, 2.05) is 0 Å². The average molecular weight is 284 g/mol. The van der Waals surface area contributed by atoms with E-state index in [0.29, 0.717) is 24.2 Å². The molecule has 0 amide bonds. The van der Waals surface area contributed by atoms with Gasteiger partial charge in [-0.3, -0.25) is 0 Å². The highest BCUT2D eigenvalue weighted by molar-refractivity contribution is 5.54. The first-order chi connectivity index (χ1) is 9.50. The molecule has 8 heteroatoms. The maximum atomic E-state index is 12.4. The summed E-state index contributed by atoms with van der Waals surface area (Å²) in [6.07, 6.45) is -3.42. The normalized spacial score (nSPS) is 11.6. The van der Waals surface area contributed by atoms with Crippen molar-refractivity contribution in [3.8, 4) is 11.4 Å². The van der Waals surface area contributed by atoms with Crippen molar-refractivity contribution >= 4 is 0 Å². The second-order valence-corrected chi connectivity index (χ2v) is 4.04. The van der Waals surface area contributed by atoms with Crippen molar-refractivity contribution in [3.05, 3.63) is 35.7 Å². The molecule has 0 spiro atoms. The van der Waals surface area contributed by atoms with Crippen LogP contribution in [-0.4, -0.2) is 32.1 Å². The van der Waals surface area contributed by atoms with Crippen LogP contribution in [0.25, 0.3) is 11.4 Å². The van der Waals surface area contributed by atoms with Crippen LogP contribution in [0.2, 0.25) is 0 Å². The van der Waals surface area contributed by atoms with Crippen LogP contribution in [0.4, 0.5) is 13.2 Å². The third-order valence-electron chi connectivity index (χ3n) is 2.55. The van der Waals surface area contributed by atoms with Gasteiger partial charge in [-0.15, -0.1) is 20.4 Å².